The monoisotopic (exact) mass is 350 g/mol. The molecule has 4 N–H and O–H groups in total. The van der Waals surface area contributed by atoms with Gasteiger partial charge in [0.15, 0.2) is 6.10 Å². The number of nitrogens with two attached hydrogens (primary N) is 1. The first-order chi connectivity index (χ1) is 11.7. The molecule has 1 amide bonds. The van der Waals surface area contributed by atoms with Gasteiger partial charge in [0.25, 0.3) is 0 Å². The zero-order valence-corrected chi connectivity index (χ0v) is 14.7. The molecule has 0 aromatic rings. The van der Waals surface area contributed by atoms with Crippen molar-refractivity contribution in [3.05, 3.63) is 35.9 Å². The molecule has 0 radical (unpaired) electrons. The van der Waals surface area contributed by atoms with Gasteiger partial charge in [-0.05, 0) is 42.7 Å². The van der Waals surface area contributed by atoms with E-state index in [4.69, 9.17) is 10.6 Å². The standard InChI is InChI=1S/C17H26N4O2S/c1-3-12(2)16-9-14(21-23-16)15-10-24-17(20-15)13(5-4-7-18)6-8-19-11-22/h3,10-11,13,16-17,20H,1-2,4-9,18H2,(H,19,22). The molecule has 6 nitrogen and oxygen atoms in total. The van der Waals surface area contributed by atoms with Crippen LogP contribution in [-0.2, 0) is 9.63 Å². The summed E-state index contributed by atoms with van der Waals surface area (Å²) in [5.41, 5.74) is 8.43. The topological polar surface area (TPSA) is 88.7 Å². The van der Waals surface area contributed by atoms with Gasteiger partial charge in [0.1, 0.15) is 5.71 Å². The lowest BCUT2D eigenvalue weighted by Crippen LogP contribution is -2.33. The normalized spacial score (nSPS) is 23.5. The van der Waals surface area contributed by atoms with E-state index in [1.807, 2.05) is 0 Å². The van der Waals surface area contributed by atoms with Crippen molar-refractivity contribution >= 4 is 23.9 Å². The van der Waals surface area contributed by atoms with E-state index in [1.165, 1.54) is 0 Å². The van der Waals surface area contributed by atoms with E-state index in [2.05, 4.69) is 34.4 Å². The fourth-order valence-electron chi connectivity index (χ4n) is 2.76. The number of hydrogen-bond acceptors (Lipinski definition) is 6. The van der Waals surface area contributed by atoms with Crippen molar-refractivity contribution in [3.8, 4) is 0 Å². The van der Waals surface area contributed by atoms with Crippen molar-refractivity contribution in [2.24, 2.45) is 16.8 Å². The Bertz CT molecular complexity index is 533. The Kier molecular flexibility index (Phi) is 7.39. The molecule has 132 valence electrons. The highest BCUT2D eigenvalue weighted by Gasteiger charge is 2.31. The number of oxime groups is 1. The summed E-state index contributed by atoms with van der Waals surface area (Å²) < 4.78 is 0. The molecule has 24 heavy (non-hydrogen) atoms. The maximum Gasteiger partial charge on any atom is 0.207 e. The molecule has 0 aromatic carbocycles. The lowest BCUT2D eigenvalue weighted by atomic mass is 9.98. The van der Waals surface area contributed by atoms with Gasteiger partial charge in [0.05, 0.1) is 11.1 Å². The number of nitrogens with zero attached hydrogens (tertiary/aromatic N) is 1. The van der Waals surface area contributed by atoms with E-state index in [9.17, 15) is 4.79 Å². The molecule has 0 aromatic heterocycles. The fraction of sp³-hybridized carbons (Fsp3) is 0.529. The Morgan fingerprint density at radius 1 is 1.62 bits per heavy atom. The maximum absolute atomic E-state index is 10.5. The van der Waals surface area contributed by atoms with E-state index < -0.39 is 0 Å². The van der Waals surface area contributed by atoms with Crippen molar-refractivity contribution in [3.63, 3.8) is 0 Å². The summed E-state index contributed by atoms with van der Waals surface area (Å²) in [6.45, 7) is 9.01. The van der Waals surface area contributed by atoms with E-state index in [0.717, 1.165) is 42.7 Å². The van der Waals surface area contributed by atoms with Gasteiger partial charge in [-0.15, -0.1) is 11.8 Å². The third kappa shape index (κ3) is 4.88. The third-order valence-corrected chi connectivity index (χ3v) is 5.40. The summed E-state index contributed by atoms with van der Waals surface area (Å²) in [6, 6.07) is 0. The average molecular weight is 350 g/mol. The summed E-state index contributed by atoms with van der Waals surface area (Å²) in [4.78, 5) is 15.9. The second kappa shape index (κ2) is 9.54. The highest BCUT2D eigenvalue weighted by atomic mass is 32.2. The first kappa shape index (κ1) is 18.6. The minimum absolute atomic E-state index is 0.117. The molecule has 2 heterocycles. The van der Waals surface area contributed by atoms with Crippen LogP contribution in [0.5, 0.6) is 0 Å². The lowest BCUT2D eigenvalue weighted by Gasteiger charge is -2.24. The number of allylic oxidation sites excluding steroid dienone is 1. The molecule has 2 aliphatic heterocycles. The molecule has 0 saturated heterocycles. The summed E-state index contributed by atoms with van der Waals surface area (Å²) in [7, 11) is 0. The fourth-order valence-corrected chi connectivity index (χ4v) is 3.94. The Hall–Kier alpha value is -1.73. The highest BCUT2D eigenvalue weighted by Crippen LogP contribution is 2.33. The number of carbonyl (C=O) groups excluding carboxylic acids is 1. The van der Waals surface area contributed by atoms with Crippen LogP contribution in [0.15, 0.2) is 41.1 Å². The van der Waals surface area contributed by atoms with E-state index in [0.29, 0.717) is 25.4 Å². The zero-order chi connectivity index (χ0) is 17.4. The number of carbonyl (C=O) groups is 1. The lowest BCUT2D eigenvalue weighted by molar-refractivity contribution is -0.109. The molecule has 2 rings (SSSR count). The Morgan fingerprint density at radius 2 is 2.46 bits per heavy atom. The average Bonchev–Trinajstić information content (AvgIpc) is 3.26. The van der Waals surface area contributed by atoms with Crippen LogP contribution in [0, 0.1) is 5.92 Å². The van der Waals surface area contributed by atoms with Crippen LogP contribution in [-0.4, -0.2) is 36.7 Å². The predicted molar refractivity (Wildman–Crippen MR) is 99.3 cm³/mol. The number of amides is 1. The van der Waals surface area contributed by atoms with Crippen LogP contribution in [0.4, 0.5) is 0 Å². The van der Waals surface area contributed by atoms with Crippen LogP contribution in [0.25, 0.3) is 0 Å². The molecule has 2 aliphatic rings. The predicted octanol–water partition coefficient (Wildman–Crippen LogP) is 1.87. The summed E-state index contributed by atoms with van der Waals surface area (Å²) in [6.07, 6.45) is 5.97. The first-order valence-electron chi connectivity index (χ1n) is 8.23. The van der Waals surface area contributed by atoms with Crippen LogP contribution in [0.3, 0.4) is 0 Å². The summed E-state index contributed by atoms with van der Waals surface area (Å²) in [5.74, 6) is 0.432. The van der Waals surface area contributed by atoms with E-state index in [-0.39, 0.29) is 11.5 Å². The van der Waals surface area contributed by atoms with E-state index >= 15 is 0 Å². The van der Waals surface area contributed by atoms with Crippen LogP contribution < -0.4 is 16.4 Å². The molecule has 7 heteroatoms. The van der Waals surface area contributed by atoms with Crippen LogP contribution >= 0.6 is 11.8 Å². The highest BCUT2D eigenvalue weighted by molar-refractivity contribution is 8.03. The van der Waals surface area contributed by atoms with Crippen molar-refractivity contribution in [2.75, 3.05) is 13.1 Å². The van der Waals surface area contributed by atoms with Gasteiger partial charge in [0.2, 0.25) is 6.41 Å². The summed E-state index contributed by atoms with van der Waals surface area (Å²) in [5, 5.41) is 12.8. The molecular formula is C17H26N4O2S. The first-order valence-corrected chi connectivity index (χ1v) is 9.17. The van der Waals surface area contributed by atoms with Gasteiger partial charge in [-0.25, -0.2) is 0 Å². The van der Waals surface area contributed by atoms with Crippen molar-refractivity contribution in [1.82, 2.24) is 10.6 Å². The van der Waals surface area contributed by atoms with Crippen molar-refractivity contribution < 1.29 is 9.63 Å². The Morgan fingerprint density at radius 3 is 3.17 bits per heavy atom. The molecule has 0 saturated carbocycles. The Balaban J connectivity index is 1.88. The maximum atomic E-state index is 10.5. The SMILES string of the molecule is C=CC(=C)C1CC(C2=CSC(C(CCCN)CCNC=O)N2)=NO1. The number of rotatable bonds is 11. The summed E-state index contributed by atoms with van der Waals surface area (Å²) >= 11 is 1.76. The van der Waals surface area contributed by atoms with Crippen molar-refractivity contribution in [2.45, 2.75) is 37.2 Å². The molecular weight excluding hydrogens is 324 g/mol. The van der Waals surface area contributed by atoms with Gasteiger partial charge >= 0.3 is 0 Å². The van der Waals surface area contributed by atoms with E-state index in [1.54, 1.807) is 17.8 Å². The largest absolute Gasteiger partial charge is 0.387 e. The van der Waals surface area contributed by atoms with Crippen LogP contribution in [0.2, 0.25) is 0 Å². The minimum Gasteiger partial charge on any atom is -0.387 e. The van der Waals surface area contributed by atoms with Crippen LogP contribution in [0.1, 0.15) is 25.7 Å². The zero-order valence-electron chi connectivity index (χ0n) is 13.9. The van der Waals surface area contributed by atoms with Gasteiger partial charge in [0, 0.05) is 13.0 Å². The second-order valence-electron chi connectivity index (χ2n) is 5.90. The molecule has 0 aliphatic carbocycles. The molecule has 3 atom stereocenters. The quantitative estimate of drug-likeness (QED) is 0.301. The second-order valence-corrected chi connectivity index (χ2v) is 6.92. The molecule has 3 unspecified atom stereocenters. The number of thioether (sulfide) groups is 1. The third-order valence-electron chi connectivity index (χ3n) is 4.24. The molecule has 0 fully saturated rings. The van der Waals surface area contributed by atoms with Gasteiger partial charge in [-0.2, -0.15) is 0 Å². The molecule has 0 spiro atoms. The smallest absolute Gasteiger partial charge is 0.207 e. The number of nitrogens with one attached hydrogen (secondary N) is 2. The van der Waals surface area contributed by atoms with Crippen molar-refractivity contribution in [1.29, 1.82) is 0 Å². The van der Waals surface area contributed by atoms with Gasteiger partial charge in [-0.1, -0.05) is 24.4 Å². The Labute approximate surface area is 147 Å². The molecule has 0 bridgehead atoms. The van der Waals surface area contributed by atoms with Gasteiger partial charge in [-0.3, -0.25) is 4.79 Å². The minimum atomic E-state index is -0.117. The number of hydrogen-bond donors (Lipinski definition) is 3. The van der Waals surface area contributed by atoms with Gasteiger partial charge < -0.3 is 21.2 Å².